The van der Waals surface area contributed by atoms with Gasteiger partial charge in [-0.3, -0.25) is 9.78 Å². The van der Waals surface area contributed by atoms with Crippen LogP contribution in [0.5, 0.6) is 0 Å². The van der Waals surface area contributed by atoms with Gasteiger partial charge in [-0.05, 0) is 55.4 Å². The quantitative estimate of drug-likeness (QED) is 0.642. The van der Waals surface area contributed by atoms with Gasteiger partial charge in [0.15, 0.2) is 6.61 Å². The Balaban J connectivity index is 1.39. The normalized spacial score (nSPS) is 15.1. The number of carbonyl (C=O) groups is 2. The largest absolute Gasteiger partial charge is 0.452 e. The molecule has 0 bridgehead atoms. The summed E-state index contributed by atoms with van der Waals surface area (Å²) in [5.74, 6) is -0.610. The first kappa shape index (κ1) is 17.9. The van der Waals surface area contributed by atoms with Crippen LogP contribution < -0.4 is 4.90 Å². The van der Waals surface area contributed by atoms with E-state index in [1.807, 2.05) is 48.5 Å². The highest BCUT2D eigenvalue weighted by atomic mass is 16.5. The first-order valence-electron chi connectivity index (χ1n) is 10.2. The van der Waals surface area contributed by atoms with E-state index in [1.54, 1.807) is 4.90 Å². The maximum atomic E-state index is 13.0. The number of ether oxygens (including phenoxy) is 1. The van der Waals surface area contributed by atoms with Crippen LogP contribution in [-0.4, -0.2) is 30.0 Å². The van der Waals surface area contributed by atoms with Crippen molar-refractivity contribution in [3.8, 4) is 0 Å². The lowest BCUT2D eigenvalue weighted by Crippen LogP contribution is -2.38. The van der Waals surface area contributed by atoms with Crippen LogP contribution in [0.15, 0.2) is 48.5 Å². The molecule has 0 saturated heterocycles. The lowest BCUT2D eigenvalue weighted by molar-refractivity contribution is -0.121. The molecule has 1 aliphatic carbocycles. The van der Waals surface area contributed by atoms with Crippen LogP contribution in [0.3, 0.4) is 0 Å². The molecule has 1 aliphatic heterocycles. The smallest absolute Gasteiger partial charge is 0.339 e. The number of hydrogen-bond donors (Lipinski definition) is 0. The summed E-state index contributed by atoms with van der Waals surface area (Å²) in [7, 11) is 0. The van der Waals surface area contributed by atoms with Crippen molar-refractivity contribution in [2.45, 2.75) is 32.1 Å². The van der Waals surface area contributed by atoms with Crippen LogP contribution >= 0.6 is 0 Å². The number of benzene rings is 2. The van der Waals surface area contributed by atoms with E-state index in [2.05, 4.69) is 0 Å². The zero-order valence-corrected chi connectivity index (χ0v) is 16.2. The number of nitrogens with zero attached hydrogens (tertiary/aromatic N) is 2. The van der Waals surface area contributed by atoms with E-state index in [0.717, 1.165) is 65.5 Å². The van der Waals surface area contributed by atoms with Crippen LogP contribution in [0.4, 0.5) is 5.69 Å². The Hall–Kier alpha value is -3.21. The molecule has 5 rings (SSSR count). The fourth-order valence-corrected chi connectivity index (χ4v) is 4.51. The molecule has 5 nitrogen and oxygen atoms in total. The van der Waals surface area contributed by atoms with Crippen LogP contribution in [0, 0.1) is 0 Å². The molecule has 1 amide bonds. The molecule has 0 N–H and O–H groups in total. The van der Waals surface area contributed by atoms with Gasteiger partial charge in [-0.15, -0.1) is 0 Å². The van der Waals surface area contributed by atoms with Gasteiger partial charge in [0.2, 0.25) is 0 Å². The number of amides is 1. The maximum Gasteiger partial charge on any atom is 0.339 e. The third-order valence-electron chi connectivity index (χ3n) is 5.86. The molecule has 146 valence electrons. The lowest BCUT2D eigenvalue weighted by atomic mass is 10.0. The Labute approximate surface area is 169 Å². The Bertz CT molecular complexity index is 1120. The summed E-state index contributed by atoms with van der Waals surface area (Å²) in [6.07, 6.45) is 4.57. The van der Waals surface area contributed by atoms with E-state index in [9.17, 15) is 9.59 Å². The fourth-order valence-electron chi connectivity index (χ4n) is 4.51. The van der Waals surface area contributed by atoms with Crippen molar-refractivity contribution >= 4 is 28.5 Å². The molecular formula is C24H22N2O3. The minimum atomic E-state index is -0.430. The third kappa shape index (κ3) is 3.16. The monoisotopic (exact) mass is 386 g/mol. The second kappa shape index (κ2) is 7.32. The molecule has 2 heterocycles. The standard InChI is InChI=1S/C24H22N2O3/c27-22(26-14-6-8-16-7-1-4-13-21(16)26)15-29-24(28)23-17-9-2-3-11-19(17)25-20-12-5-10-18(20)23/h1-4,7,9,11,13H,5-6,8,10,12,14-15H2. The molecule has 2 aliphatic rings. The van der Waals surface area contributed by atoms with Gasteiger partial charge < -0.3 is 9.64 Å². The van der Waals surface area contributed by atoms with Gasteiger partial charge >= 0.3 is 5.97 Å². The number of hydrogen-bond acceptors (Lipinski definition) is 4. The topological polar surface area (TPSA) is 59.5 Å². The van der Waals surface area contributed by atoms with E-state index >= 15 is 0 Å². The minimum Gasteiger partial charge on any atom is -0.452 e. The first-order valence-corrected chi connectivity index (χ1v) is 10.2. The van der Waals surface area contributed by atoms with E-state index in [1.165, 1.54) is 0 Å². The average molecular weight is 386 g/mol. The zero-order valence-electron chi connectivity index (χ0n) is 16.2. The van der Waals surface area contributed by atoms with Gasteiger partial charge in [0.1, 0.15) is 0 Å². The molecule has 3 aromatic rings. The van der Waals surface area contributed by atoms with Crippen molar-refractivity contribution in [3.05, 3.63) is 70.9 Å². The molecule has 1 aromatic heterocycles. The number of rotatable bonds is 3. The van der Waals surface area contributed by atoms with E-state index in [-0.39, 0.29) is 12.5 Å². The van der Waals surface area contributed by atoms with Crippen molar-refractivity contribution in [2.24, 2.45) is 0 Å². The highest BCUT2D eigenvalue weighted by molar-refractivity contribution is 6.06. The van der Waals surface area contributed by atoms with Gasteiger partial charge in [-0.1, -0.05) is 36.4 Å². The van der Waals surface area contributed by atoms with Crippen LogP contribution in [0.1, 0.15) is 40.0 Å². The molecule has 0 saturated carbocycles. The maximum absolute atomic E-state index is 13.0. The Morgan fingerprint density at radius 3 is 2.72 bits per heavy atom. The summed E-state index contributed by atoms with van der Waals surface area (Å²) in [6, 6.07) is 15.6. The predicted molar refractivity (Wildman–Crippen MR) is 111 cm³/mol. The molecule has 5 heteroatoms. The molecule has 0 unspecified atom stereocenters. The summed E-state index contributed by atoms with van der Waals surface area (Å²) in [6.45, 7) is 0.402. The van der Waals surface area contributed by atoms with Gasteiger partial charge in [0.25, 0.3) is 5.91 Å². The van der Waals surface area contributed by atoms with Crippen LogP contribution in [-0.2, 0) is 28.8 Å². The molecule has 0 atom stereocenters. The average Bonchev–Trinajstić information content (AvgIpc) is 3.23. The van der Waals surface area contributed by atoms with Crippen molar-refractivity contribution in [1.82, 2.24) is 4.98 Å². The number of aromatic nitrogens is 1. The minimum absolute atomic E-state index is 0.180. The number of pyridine rings is 1. The number of para-hydroxylation sites is 2. The summed E-state index contributed by atoms with van der Waals surface area (Å²) in [5.41, 5.74) is 5.43. The van der Waals surface area contributed by atoms with Crippen molar-refractivity contribution in [2.75, 3.05) is 18.1 Å². The lowest BCUT2D eigenvalue weighted by Gasteiger charge is -2.29. The number of carbonyl (C=O) groups excluding carboxylic acids is 2. The fraction of sp³-hybridized carbons (Fsp3) is 0.292. The predicted octanol–water partition coefficient (Wildman–Crippen LogP) is 3.86. The van der Waals surface area contributed by atoms with Crippen molar-refractivity contribution in [1.29, 1.82) is 0 Å². The number of fused-ring (bicyclic) bond motifs is 3. The second-order valence-corrected chi connectivity index (χ2v) is 7.64. The Kier molecular flexibility index (Phi) is 4.51. The van der Waals surface area contributed by atoms with Gasteiger partial charge in [-0.2, -0.15) is 0 Å². The van der Waals surface area contributed by atoms with Gasteiger partial charge in [0, 0.05) is 23.3 Å². The van der Waals surface area contributed by atoms with Gasteiger partial charge in [0.05, 0.1) is 11.1 Å². The van der Waals surface area contributed by atoms with Crippen LogP contribution in [0.25, 0.3) is 10.9 Å². The molecule has 0 spiro atoms. The third-order valence-corrected chi connectivity index (χ3v) is 5.86. The number of aryl methyl sites for hydroxylation is 2. The van der Waals surface area contributed by atoms with E-state index in [4.69, 9.17) is 9.72 Å². The number of esters is 1. The van der Waals surface area contributed by atoms with E-state index in [0.29, 0.717) is 12.1 Å². The summed E-state index contributed by atoms with van der Waals surface area (Å²) < 4.78 is 5.53. The van der Waals surface area contributed by atoms with Gasteiger partial charge in [-0.25, -0.2) is 4.79 Å². The first-order chi connectivity index (χ1) is 14.2. The SMILES string of the molecule is O=C(OCC(=O)N1CCCc2ccccc21)c1c2c(nc3ccccc13)CCC2. The molecule has 2 aromatic carbocycles. The molecule has 0 fully saturated rings. The molecular weight excluding hydrogens is 364 g/mol. The Morgan fingerprint density at radius 1 is 0.966 bits per heavy atom. The summed E-state index contributed by atoms with van der Waals surface area (Å²) in [4.78, 5) is 32.3. The number of anilines is 1. The highest BCUT2D eigenvalue weighted by Crippen LogP contribution is 2.31. The second-order valence-electron chi connectivity index (χ2n) is 7.64. The molecule has 0 radical (unpaired) electrons. The zero-order chi connectivity index (χ0) is 19.8. The van der Waals surface area contributed by atoms with Crippen molar-refractivity contribution in [3.63, 3.8) is 0 Å². The molecule has 29 heavy (non-hydrogen) atoms. The summed E-state index contributed by atoms with van der Waals surface area (Å²) >= 11 is 0. The van der Waals surface area contributed by atoms with Crippen molar-refractivity contribution < 1.29 is 14.3 Å². The Morgan fingerprint density at radius 2 is 1.79 bits per heavy atom. The van der Waals surface area contributed by atoms with Crippen LogP contribution in [0.2, 0.25) is 0 Å². The van der Waals surface area contributed by atoms with E-state index < -0.39 is 5.97 Å². The summed E-state index contributed by atoms with van der Waals surface area (Å²) in [5, 5.41) is 0.800. The highest BCUT2D eigenvalue weighted by Gasteiger charge is 2.27.